The van der Waals surface area contributed by atoms with Crippen LogP contribution in [-0.2, 0) is 4.74 Å². The number of allylic oxidation sites excluding steroid dienone is 1. The molecule has 1 fully saturated rings. The molecule has 0 radical (unpaired) electrons. The maximum atomic E-state index is 5.92. The van der Waals surface area contributed by atoms with Gasteiger partial charge in [0.05, 0.1) is 18.9 Å². The van der Waals surface area contributed by atoms with Crippen LogP contribution in [0.1, 0.15) is 32.3 Å². The molecule has 0 spiro atoms. The zero-order valence-electron chi connectivity index (χ0n) is 13.1. The number of hydrogen-bond donors (Lipinski definition) is 1. The summed E-state index contributed by atoms with van der Waals surface area (Å²) in [5.41, 5.74) is 1.84. The lowest BCUT2D eigenvalue weighted by Crippen LogP contribution is -2.08. The largest absolute Gasteiger partial charge is 0.491 e. The van der Waals surface area contributed by atoms with E-state index in [9.17, 15) is 0 Å². The van der Waals surface area contributed by atoms with Gasteiger partial charge in [-0.25, -0.2) is 0 Å². The van der Waals surface area contributed by atoms with Crippen LogP contribution in [0.3, 0.4) is 0 Å². The Morgan fingerprint density at radius 3 is 2.90 bits per heavy atom. The molecule has 114 valence electrons. The Hall–Kier alpha value is -1.97. The smallest absolute Gasteiger partial charge is 0.145 e. The highest BCUT2D eigenvalue weighted by Crippen LogP contribution is 2.33. The number of rotatable bonds is 8. The minimum Gasteiger partial charge on any atom is -0.491 e. The van der Waals surface area contributed by atoms with Crippen LogP contribution in [0.2, 0.25) is 0 Å². The number of pyridine rings is 1. The Morgan fingerprint density at radius 1 is 1.52 bits per heavy atom. The first-order chi connectivity index (χ1) is 10.1. The minimum absolute atomic E-state index is 0.0791. The normalized spacial score (nSPS) is 15.0. The van der Waals surface area contributed by atoms with Crippen molar-refractivity contribution in [3.8, 4) is 5.75 Å². The van der Waals surface area contributed by atoms with Crippen molar-refractivity contribution in [2.24, 2.45) is 5.92 Å². The molecule has 0 saturated heterocycles. The van der Waals surface area contributed by atoms with Crippen LogP contribution in [0.5, 0.6) is 5.75 Å². The molecule has 0 unspecified atom stereocenters. The second-order valence-corrected chi connectivity index (χ2v) is 5.56. The lowest BCUT2D eigenvalue weighted by Gasteiger charge is -2.18. The van der Waals surface area contributed by atoms with E-state index >= 15 is 0 Å². The van der Waals surface area contributed by atoms with Crippen molar-refractivity contribution in [1.82, 2.24) is 10.3 Å². The second-order valence-electron chi connectivity index (χ2n) is 5.56. The Morgan fingerprint density at radius 2 is 2.29 bits per heavy atom. The average molecular weight is 288 g/mol. The molecule has 0 amide bonds. The van der Waals surface area contributed by atoms with E-state index in [1.807, 2.05) is 33.2 Å². The van der Waals surface area contributed by atoms with E-state index in [2.05, 4.69) is 16.9 Å². The van der Waals surface area contributed by atoms with Crippen LogP contribution in [0.25, 0.3) is 5.57 Å². The molecule has 1 saturated carbocycles. The summed E-state index contributed by atoms with van der Waals surface area (Å²) in [6, 6.07) is 1.93. The van der Waals surface area contributed by atoms with Crippen molar-refractivity contribution in [3.63, 3.8) is 0 Å². The fourth-order valence-corrected chi connectivity index (χ4v) is 2.01. The Bertz CT molecular complexity index is 519. The summed E-state index contributed by atoms with van der Waals surface area (Å²) in [5, 5.41) is 3.05. The monoisotopic (exact) mass is 288 g/mol. The summed E-state index contributed by atoms with van der Waals surface area (Å²) in [4.78, 5) is 4.16. The molecule has 1 heterocycles. The van der Waals surface area contributed by atoms with E-state index in [0.29, 0.717) is 11.7 Å². The molecule has 0 atom stereocenters. The molecular weight excluding hydrogens is 264 g/mol. The molecule has 1 aromatic heterocycles. The van der Waals surface area contributed by atoms with Gasteiger partial charge >= 0.3 is 0 Å². The summed E-state index contributed by atoms with van der Waals surface area (Å²) in [6.07, 6.45) is 7.99. The first-order valence-corrected chi connectivity index (χ1v) is 7.42. The average Bonchev–Trinajstić information content (AvgIpc) is 3.26. The van der Waals surface area contributed by atoms with Gasteiger partial charge in [0.25, 0.3) is 0 Å². The van der Waals surface area contributed by atoms with Gasteiger partial charge in [0.2, 0.25) is 0 Å². The standard InChI is InChI=1S/C17H24N2O2/c1-12(2)21-13(3)16(9-18-4)15-7-8-19-10-17(15)20-11-14-5-6-14/h7-10,12,14,18H,3,5-6,11H2,1-2,4H3/b16-9+. The third-order valence-corrected chi connectivity index (χ3v) is 3.21. The quantitative estimate of drug-likeness (QED) is 0.588. The first kappa shape index (κ1) is 15.4. The zero-order chi connectivity index (χ0) is 15.2. The van der Waals surface area contributed by atoms with Gasteiger partial charge in [-0.3, -0.25) is 4.98 Å². The fourth-order valence-electron chi connectivity index (χ4n) is 2.01. The maximum Gasteiger partial charge on any atom is 0.145 e. The number of nitrogens with one attached hydrogen (secondary N) is 1. The molecule has 1 aliphatic carbocycles. The first-order valence-electron chi connectivity index (χ1n) is 7.42. The fraction of sp³-hybridized carbons (Fsp3) is 0.471. The summed E-state index contributed by atoms with van der Waals surface area (Å²) in [5.74, 6) is 2.10. The molecule has 0 bridgehead atoms. The molecule has 2 rings (SSSR count). The number of nitrogens with zero attached hydrogens (tertiary/aromatic N) is 1. The predicted octanol–water partition coefficient (Wildman–Crippen LogP) is 3.37. The van der Waals surface area contributed by atoms with Crippen LogP contribution in [0.4, 0.5) is 0 Å². The highest BCUT2D eigenvalue weighted by molar-refractivity contribution is 5.79. The van der Waals surface area contributed by atoms with Crippen molar-refractivity contribution in [1.29, 1.82) is 0 Å². The van der Waals surface area contributed by atoms with Gasteiger partial charge < -0.3 is 14.8 Å². The Balaban J connectivity index is 2.22. The number of aromatic nitrogens is 1. The molecular formula is C17H24N2O2. The van der Waals surface area contributed by atoms with Crippen molar-refractivity contribution >= 4 is 5.57 Å². The molecule has 0 aromatic carbocycles. The summed E-state index contributed by atoms with van der Waals surface area (Å²) >= 11 is 0. The van der Waals surface area contributed by atoms with Gasteiger partial charge in [0, 0.05) is 30.6 Å². The van der Waals surface area contributed by atoms with Gasteiger partial charge in [0.1, 0.15) is 11.5 Å². The van der Waals surface area contributed by atoms with Gasteiger partial charge in [-0.2, -0.15) is 0 Å². The highest BCUT2D eigenvalue weighted by atomic mass is 16.5. The summed E-state index contributed by atoms with van der Waals surface area (Å²) in [6.45, 7) is 8.76. The van der Waals surface area contributed by atoms with Crippen LogP contribution in [0, 0.1) is 5.92 Å². The maximum absolute atomic E-state index is 5.92. The van der Waals surface area contributed by atoms with Crippen LogP contribution < -0.4 is 10.1 Å². The van der Waals surface area contributed by atoms with Gasteiger partial charge in [-0.1, -0.05) is 6.58 Å². The third-order valence-electron chi connectivity index (χ3n) is 3.21. The molecule has 1 aliphatic rings. The summed E-state index contributed by atoms with van der Waals surface area (Å²) in [7, 11) is 1.86. The van der Waals surface area contributed by atoms with E-state index in [4.69, 9.17) is 9.47 Å². The summed E-state index contributed by atoms with van der Waals surface area (Å²) < 4.78 is 11.6. The molecule has 0 aliphatic heterocycles. The SMILES string of the molecule is C=C(OC(C)C)/C(=C\NC)c1ccncc1OCC1CC1. The van der Waals surface area contributed by atoms with Crippen LogP contribution in [0.15, 0.2) is 37.0 Å². The van der Waals surface area contributed by atoms with Crippen molar-refractivity contribution in [3.05, 3.63) is 42.6 Å². The lowest BCUT2D eigenvalue weighted by molar-refractivity contribution is 0.161. The molecule has 21 heavy (non-hydrogen) atoms. The van der Waals surface area contributed by atoms with Gasteiger partial charge in [0.15, 0.2) is 0 Å². The number of ether oxygens (including phenoxy) is 2. The molecule has 4 nitrogen and oxygen atoms in total. The van der Waals surface area contributed by atoms with E-state index in [0.717, 1.165) is 23.5 Å². The highest BCUT2D eigenvalue weighted by Gasteiger charge is 2.23. The molecule has 4 heteroatoms. The van der Waals surface area contributed by atoms with Crippen molar-refractivity contribution < 1.29 is 9.47 Å². The second kappa shape index (κ2) is 7.16. The van der Waals surface area contributed by atoms with Crippen LogP contribution in [-0.4, -0.2) is 24.7 Å². The zero-order valence-corrected chi connectivity index (χ0v) is 13.1. The van der Waals surface area contributed by atoms with E-state index in [1.165, 1.54) is 12.8 Å². The minimum atomic E-state index is 0.0791. The predicted molar refractivity (Wildman–Crippen MR) is 84.9 cm³/mol. The lowest BCUT2D eigenvalue weighted by atomic mass is 10.1. The molecule has 1 aromatic rings. The van der Waals surface area contributed by atoms with Gasteiger partial charge in [-0.05, 0) is 38.7 Å². The topological polar surface area (TPSA) is 43.4 Å². The van der Waals surface area contributed by atoms with Crippen molar-refractivity contribution in [2.45, 2.75) is 32.8 Å². The van der Waals surface area contributed by atoms with E-state index < -0.39 is 0 Å². The van der Waals surface area contributed by atoms with Crippen molar-refractivity contribution in [2.75, 3.05) is 13.7 Å². The van der Waals surface area contributed by atoms with Crippen LogP contribution >= 0.6 is 0 Å². The Kier molecular flexibility index (Phi) is 5.26. The molecule has 1 N–H and O–H groups in total. The van der Waals surface area contributed by atoms with E-state index in [1.54, 1.807) is 12.4 Å². The Labute approximate surface area is 126 Å². The van der Waals surface area contributed by atoms with Gasteiger partial charge in [-0.15, -0.1) is 0 Å². The van der Waals surface area contributed by atoms with E-state index in [-0.39, 0.29) is 6.10 Å². The third kappa shape index (κ3) is 4.52. The number of hydrogen-bond acceptors (Lipinski definition) is 4.